The molecule has 2 aromatic rings. The van der Waals surface area contributed by atoms with E-state index in [0.717, 1.165) is 0 Å². The molecule has 0 aliphatic heterocycles. The van der Waals surface area contributed by atoms with Gasteiger partial charge in [0.15, 0.2) is 5.65 Å². The molecule has 19 heavy (non-hydrogen) atoms. The number of nitrogens with zero attached hydrogens (tertiary/aromatic N) is 2. The summed E-state index contributed by atoms with van der Waals surface area (Å²) >= 11 is 0. The van der Waals surface area contributed by atoms with Gasteiger partial charge in [-0.15, -0.1) is 0 Å². The topological polar surface area (TPSA) is 92.8 Å². The van der Waals surface area contributed by atoms with Crippen molar-refractivity contribution in [3.63, 3.8) is 0 Å². The number of aromatic amines is 2. The number of hydrogen-bond acceptors (Lipinski definition) is 4. The second-order valence-corrected chi connectivity index (χ2v) is 4.58. The van der Waals surface area contributed by atoms with Gasteiger partial charge in [-0.1, -0.05) is 6.92 Å². The lowest BCUT2D eigenvalue weighted by atomic mass is 10.0. The lowest BCUT2D eigenvalue weighted by Crippen LogP contribution is -2.29. The Kier molecular flexibility index (Phi) is 3.32. The summed E-state index contributed by atoms with van der Waals surface area (Å²) in [5.74, 6) is 0.547. The van der Waals surface area contributed by atoms with Gasteiger partial charge in [0.05, 0.1) is 0 Å². The SMILES string of the molecule is CCn1c(=O)[nH]c(=O)c2[nH]c(C(C)(CC)OC)nc21. The molecule has 2 N–H and O–H groups in total. The predicted octanol–water partition coefficient (Wildman–Crippen LogP) is 0.704. The first kappa shape index (κ1) is 13.5. The van der Waals surface area contributed by atoms with E-state index in [-0.39, 0.29) is 0 Å². The van der Waals surface area contributed by atoms with Crippen LogP contribution >= 0.6 is 0 Å². The van der Waals surface area contributed by atoms with Crippen LogP contribution in [0, 0.1) is 0 Å². The number of aromatic nitrogens is 4. The van der Waals surface area contributed by atoms with Gasteiger partial charge in [-0.25, -0.2) is 9.78 Å². The highest BCUT2D eigenvalue weighted by Crippen LogP contribution is 2.26. The molecule has 0 aliphatic rings. The molecule has 7 heteroatoms. The van der Waals surface area contributed by atoms with E-state index in [1.54, 1.807) is 7.11 Å². The maximum atomic E-state index is 11.8. The summed E-state index contributed by atoms with van der Waals surface area (Å²) in [4.78, 5) is 33.1. The van der Waals surface area contributed by atoms with E-state index in [4.69, 9.17) is 4.74 Å². The number of fused-ring (bicyclic) bond motifs is 1. The van der Waals surface area contributed by atoms with E-state index in [0.29, 0.717) is 30.0 Å². The minimum atomic E-state index is -0.611. The molecular formula is C12H18N4O3. The van der Waals surface area contributed by atoms with Crippen molar-refractivity contribution in [3.8, 4) is 0 Å². The molecule has 0 saturated carbocycles. The number of aryl methyl sites for hydroxylation is 1. The first-order valence-corrected chi connectivity index (χ1v) is 6.25. The summed E-state index contributed by atoms with van der Waals surface area (Å²) in [6.45, 7) is 6.11. The third-order valence-corrected chi connectivity index (χ3v) is 3.58. The minimum absolute atomic E-state index is 0.299. The van der Waals surface area contributed by atoms with E-state index >= 15 is 0 Å². The van der Waals surface area contributed by atoms with E-state index in [1.165, 1.54) is 4.57 Å². The van der Waals surface area contributed by atoms with Crippen molar-refractivity contribution in [3.05, 3.63) is 26.7 Å². The standard InChI is InChI=1S/C12H18N4O3/c1-5-12(3,19-4)10-13-7-8(14-10)16(6-2)11(18)15-9(7)17/h5-6H2,1-4H3,(H,13,14)(H,15,17,18). The molecule has 0 saturated heterocycles. The van der Waals surface area contributed by atoms with Crippen LogP contribution in [0.25, 0.3) is 11.2 Å². The Morgan fingerprint density at radius 2 is 2.00 bits per heavy atom. The molecule has 1 atom stereocenters. The van der Waals surface area contributed by atoms with Crippen LogP contribution in [0.3, 0.4) is 0 Å². The van der Waals surface area contributed by atoms with Gasteiger partial charge < -0.3 is 9.72 Å². The number of rotatable bonds is 4. The summed E-state index contributed by atoms with van der Waals surface area (Å²) in [7, 11) is 1.59. The lowest BCUT2D eigenvalue weighted by molar-refractivity contribution is -0.00807. The molecule has 2 aromatic heterocycles. The van der Waals surface area contributed by atoms with Gasteiger partial charge >= 0.3 is 5.69 Å². The monoisotopic (exact) mass is 266 g/mol. The van der Waals surface area contributed by atoms with Crippen LogP contribution in [0.15, 0.2) is 9.59 Å². The Balaban J connectivity index is 2.80. The van der Waals surface area contributed by atoms with Gasteiger partial charge in [0.25, 0.3) is 5.56 Å². The molecule has 1 unspecified atom stereocenters. The molecule has 2 rings (SSSR count). The fraction of sp³-hybridized carbons (Fsp3) is 0.583. The fourth-order valence-corrected chi connectivity index (χ4v) is 1.99. The lowest BCUT2D eigenvalue weighted by Gasteiger charge is -2.23. The molecule has 0 spiro atoms. The summed E-state index contributed by atoms with van der Waals surface area (Å²) in [5, 5.41) is 0. The van der Waals surface area contributed by atoms with E-state index < -0.39 is 16.9 Å². The maximum Gasteiger partial charge on any atom is 0.330 e. The van der Waals surface area contributed by atoms with E-state index in [1.807, 2.05) is 20.8 Å². The van der Waals surface area contributed by atoms with Crippen molar-refractivity contribution in [2.75, 3.05) is 7.11 Å². The zero-order valence-electron chi connectivity index (χ0n) is 11.5. The molecule has 0 amide bonds. The van der Waals surface area contributed by atoms with Crippen LogP contribution < -0.4 is 11.2 Å². The molecule has 104 valence electrons. The van der Waals surface area contributed by atoms with Gasteiger partial charge in [0, 0.05) is 13.7 Å². The van der Waals surface area contributed by atoms with Gasteiger partial charge in [-0.05, 0) is 20.3 Å². The van der Waals surface area contributed by atoms with Crippen LogP contribution in [-0.4, -0.2) is 26.6 Å². The largest absolute Gasteiger partial charge is 0.371 e. The quantitative estimate of drug-likeness (QED) is 0.852. The molecule has 0 bridgehead atoms. The normalized spacial score (nSPS) is 14.7. The third-order valence-electron chi connectivity index (χ3n) is 3.58. The summed E-state index contributed by atoms with van der Waals surface area (Å²) in [5.41, 5.74) is -0.858. The van der Waals surface area contributed by atoms with Gasteiger partial charge in [-0.3, -0.25) is 14.3 Å². The zero-order valence-corrected chi connectivity index (χ0v) is 11.5. The Hall–Kier alpha value is -1.89. The summed E-state index contributed by atoms with van der Waals surface area (Å²) in [6, 6.07) is 0. The number of H-pyrrole nitrogens is 2. The molecule has 0 fully saturated rings. The molecule has 7 nitrogen and oxygen atoms in total. The molecular weight excluding hydrogens is 248 g/mol. The van der Waals surface area contributed by atoms with Gasteiger partial charge in [-0.2, -0.15) is 0 Å². The Morgan fingerprint density at radius 1 is 1.32 bits per heavy atom. The maximum absolute atomic E-state index is 11.8. The highest BCUT2D eigenvalue weighted by molar-refractivity contribution is 5.69. The third kappa shape index (κ3) is 1.99. The smallest absolute Gasteiger partial charge is 0.330 e. The Labute approximate surface area is 109 Å². The molecule has 0 radical (unpaired) electrons. The highest BCUT2D eigenvalue weighted by atomic mass is 16.5. The van der Waals surface area contributed by atoms with Crippen molar-refractivity contribution in [1.82, 2.24) is 19.5 Å². The Bertz CT molecular complexity index is 706. The Morgan fingerprint density at radius 3 is 2.53 bits per heavy atom. The van der Waals surface area contributed by atoms with Gasteiger partial charge in [0.1, 0.15) is 16.9 Å². The number of methoxy groups -OCH3 is 1. The minimum Gasteiger partial charge on any atom is -0.371 e. The average Bonchev–Trinajstić information content (AvgIpc) is 2.84. The van der Waals surface area contributed by atoms with E-state index in [2.05, 4.69) is 15.0 Å². The van der Waals surface area contributed by atoms with Crippen molar-refractivity contribution >= 4 is 11.2 Å². The van der Waals surface area contributed by atoms with Gasteiger partial charge in [0.2, 0.25) is 0 Å². The summed E-state index contributed by atoms with van der Waals surface area (Å²) in [6.07, 6.45) is 0.692. The van der Waals surface area contributed by atoms with Crippen LogP contribution in [0.4, 0.5) is 0 Å². The molecule has 0 aromatic carbocycles. The van der Waals surface area contributed by atoms with Crippen LogP contribution in [0.1, 0.15) is 33.0 Å². The second-order valence-electron chi connectivity index (χ2n) is 4.58. The number of ether oxygens (including phenoxy) is 1. The molecule has 2 heterocycles. The van der Waals surface area contributed by atoms with Crippen LogP contribution in [-0.2, 0) is 16.9 Å². The van der Waals surface area contributed by atoms with E-state index in [9.17, 15) is 9.59 Å². The van der Waals surface area contributed by atoms with Crippen LogP contribution in [0.2, 0.25) is 0 Å². The second kappa shape index (κ2) is 4.65. The summed E-state index contributed by atoms with van der Waals surface area (Å²) < 4.78 is 6.87. The van der Waals surface area contributed by atoms with Crippen molar-refractivity contribution in [1.29, 1.82) is 0 Å². The van der Waals surface area contributed by atoms with Crippen molar-refractivity contribution in [2.24, 2.45) is 0 Å². The number of nitrogens with one attached hydrogen (secondary N) is 2. The fourth-order valence-electron chi connectivity index (χ4n) is 1.99. The average molecular weight is 266 g/mol. The number of imidazole rings is 1. The number of hydrogen-bond donors (Lipinski definition) is 2. The zero-order chi connectivity index (χ0) is 14.2. The van der Waals surface area contributed by atoms with Crippen molar-refractivity contribution < 1.29 is 4.74 Å². The highest BCUT2D eigenvalue weighted by Gasteiger charge is 2.29. The van der Waals surface area contributed by atoms with Crippen molar-refractivity contribution in [2.45, 2.75) is 39.3 Å². The molecule has 0 aliphatic carbocycles. The van der Waals surface area contributed by atoms with Crippen LogP contribution in [0.5, 0.6) is 0 Å². The predicted molar refractivity (Wildman–Crippen MR) is 71.3 cm³/mol. The first-order valence-electron chi connectivity index (χ1n) is 6.25. The first-order chi connectivity index (χ1) is 8.96.